The Morgan fingerprint density at radius 1 is 1.43 bits per heavy atom. The van der Waals surface area contributed by atoms with Gasteiger partial charge in [-0.2, -0.15) is 0 Å². The first-order chi connectivity index (χ1) is 9.99. The lowest BCUT2D eigenvalue weighted by molar-refractivity contribution is 0.00671. The van der Waals surface area contributed by atoms with Gasteiger partial charge in [0.1, 0.15) is 10.8 Å². The molecule has 2 rings (SSSR count). The highest BCUT2D eigenvalue weighted by Crippen LogP contribution is 2.21. The molecule has 1 aliphatic rings. The van der Waals surface area contributed by atoms with Crippen molar-refractivity contribution in [3.63, 3.8) is 0 Å². The van der Waals surface area contributed by atoms with Gasteiger partial charge in [0, 0.05) is 25.7 Å². The first kappa shape index (κ1) is 16.6. The van der Waals surface area contributed by atoms with Gasteiger partial charge >= 0.3 is 0 Å². The Bertz CT molecular complexity index is 465. The monoisotopic (exact) mass is 333 g/mol. The van der Waals surface area contributed by atoms with Crippen LogP contribution < -0.4 is 5.32 Å². The third-order valence-corrected chi connectivity index (χ3v) is 4.42. The molecule has 0 bridgehead atoms. The van der Waals surface area contributed by atoms with E-state index in [2.05, 4.69) is 29.0 Å². The minimum absolute atomic E-state index is 0.192. The summed E-state index contributed by atoms with van der Waals surface area (Å²) in [6.45, 7) is 8.21. The van der Waals surface area contributed by atoms with Crippen molar-refractivity contribution in [2.45, 2.75) is 19.9 Å². The fourth-order valence-corrected chi connectivity index (χ4v) is 2.83. The normalized spacial score (nSPS) is 18.0. The molecule has 1 saturated heterocycles. The average molecular weight is 334 g/mol. The Labute approximate surface area is 134 Å². The summed E-state index contributed by atoms with van der Waals surface area (Å²) in [5.41, 5.74) is 0.384. The van der Waals surface area contributed by atoms with Gasteiger partial charge in [-0.1, -0.05) is 37.0 Å². The highest BCUT2D eigenvalue weighted by molar-refractivity contribution is 6.41. The summed E-state index contributed by atoms with van der Waals surface area (Å²) in [4.78, 5) is 17.2. The minimum atomic E-state index is -0.192. The van der Waals surface area contributed by atoms with Crippen LogP contribution in [-0.4, -0.2) is 54.7 Å². The highest BCUT2D eigenvalue weighted by Gasteiger charge is 2.24. The van der Waals surface area contributed by atoms with Crippen LogP contribution in [-0.2, 0) is 4.74 Å². The second-order valence-corrected chi connectivity index (χ2v) is 6.30. The molecule has 2 N–H and O–H groups in total. The lowest BCUT2D eigenvalue weighted by atomic mass is 10.0. The number of rotatable bonds is 5. The van der Waals surface area contributed by atoms with Crippen LogP contribution in [0.2, 0.25) is 10.2 Å². The molecule has 21 heavy (non-hydrogen) atoms. The standard InChI is InChI=1S/C14H21Cl2N3O2/c1-9(2)12(19-3-5-21-6-4-19)8-17-14(20)11-7-10(15)13(16)18-11/h7,9,12,18H,3-6,8H2,1-2H3,(H,17,20). The van der Waals surface area contributed by atoms with Crippen LogP contribution in [0.15, 0.2) is 6.07 Å². The Hall–Kier alpha value is -0.750. The zero-order valence-electron chi connectivity index (χ0n) is 12.3. The molecule has 1 unspecified atom stereocenters. The van der Waals surface area contributed by atoms with E-state index in [0.717, 1.165) is 26.3 Å². The fraction of sp³-hybridized carbons (Fsp3) is 0.643. The number of carbonyl (C=O) groups excluding carboxylic acids is 1. The molecule has 0 aromatic carbocycles. The number of hydrogen-bond donors (Lipinski definition) is 2. The zero-order chi connectivity index (χ0) is 15.4. The van der Waals surface area contributed by atoms with E-state index in [9.17, 15) is 4.79 Å². The first-order valence-corrected chi connectivity index (χ1v) is 7.88. The molecule has 0 radical (unpaired) electrons. The molecule has 1 amide bonds. The van der Waals surface area contributed by atoms with Crippen LogP contribution >= 0.6 is 23.2 Å². The zero-order valence-corrected chi connectivity index (χ0v) is 13.8. The summed E-state index contributed by atoms with van der Waals surface area (Å²) < 4.78 is 5.38. The van der Waals surface area contributed by atoms with Crippen molar-refractivity contribution in [3.8, 4) is 0 Å². The second kappa shape index (κ2) is 7.49. The second-order valence-electron chi connectivity index (χ2n) is 5.51. The summed E-state index contributed by atoms with van der Waals surface area (Å²) in [6.07, 6.45) is 0. The molecular weight excluding hydrogens is 313 g/mol. The Morgan fingerprint density at radius 3 is 2.62 bits per heavy atom. The van der Waals surface area contributed by atoms with E-state index in [1.165, 1.54) is 0 Å². The summed E-state index contributed by atoms with van der Waals surface area (Å²) in [5.74, 6) is 0.252. The van der Waals surface area contributed by atoms with Crippen LogP contribution in [0.1, 0.15) is 24.3 Å². The molecule has 0 spiro atoms. The first-order valence-electron chi connectivity index (χ1n) is 7.13. The van der Waals surface area contributed by atoms with Gasteiger partial charge in [-0.15, -0.1) is 0 Å². The molecule has 118 valence electrons. The van der Waals surface area contributed by atoms with E-state index in [4.69, 9.17) is 27.9 Å². The van der Waals surface area contributed by atoms with Gasteiger partial charge in [-0.25, -0.2) is 0 Å². The minimum Gasteiger partial charge on any atom is -0.379 e. The maximum Gasteiger partial charge on any atom is 0.267 e. The van der Waals surface area contributed by atoms with Gasteiger partial charge in [0.2, 0.25) is 0 Å². The van der Waals surface area contributed by atoms with Gasteiger partial charge < -0.3 is 15.0 Å². The van der Waals surface area contributed by atoms with Crippen LogP contribution in [0.4, 0.5) is 0 Å². The fourth-order valence-electron chi connectivity index (χ4n) is 2.51. The molecule has 1 fully saturated rings. The number of carbonyl (C=O) groups is 1. The third kappa shape index (κ3) is 4.36. The molecule has 0 aliphatic carbocycles. The van der Waals surface area contributed by atoms with Gasteiger partial charge in [0.25, 0.3) is 5.91 Å². The van der Waals surface area contributed by atoms with Crippen molar-refractivity contribution in [1.82, 2.24) is 15.2 Å². The molecule has 7 heteroatoms. The summed E-state index contributed by atoms with van der Waals surface area (Å²) >= 11 is 11.7. The average Bonchev–Trinajstić information content (AvgIpc) is 2.79. The number of ether oxygens (including phenoxy) is 1. The molecule has 5 nitrogen and oxygen atoms in total. The van der Waals surface area contributed by atoms with Gasteiger partial charge in [0.05, 0.1) is 18.2 Å². The van der Waals surface area contributed by atoms with Crippen molar-refractivity contribution >= 4 is 29.1 Å². The number of nitrogens with one attached hydrogen (secondary N) is 2. The number of nitrogens with zero attached hydrogens (tertiary/aromatic N) is 1. The number of aromatic amines is 1. The lowest BCUT2D eigenvalue weighted by Gasteiger charge is -2.36. The van der Waals surface area contributed by atoms with Gasteiger partial charge in [-0.05, 0) is 12.0 Å². The molecule has 1 aliphatic heterocycles. The van der Waals surface area contributed by atoms with E-state index in [-0.39, 0.29) is 11.1 Å². The smallest absolute Gasteiger partial charge is 0.267 e. The number of morpholine rings is 1. The molecule has 1 aromatic heterocycles. The third-order valence-electron chi connectivity index (χ3n) is 3.73. The van der Waals surface area contributed by atoms with Crippen molar-refractivity contribution < 1.29 is 9.53 Å². The topological polar surface area (TPSA) is 57.4 Å². The number of H-pyrrole nitrogens is 1. The number of amides is 1. The molecule has 2 heterocycles. The van der Waals surface area contributed by atoms with E-state index in [1.807, 2.05) is 0 Å². The summed E-state index contributed by atoms with van der Waals surface area (Å²) in [6, 6.07) is 1.83. The largest absolute Gasteiger partial charge is 0.379 e. The number of halogens is 2. The highest BCUT2D eigenvalue weighted by atomic mass is 35.5. The summed E-state index contributed by atoms with van der Waals surface area (Å²) in [5, 5.41) is 3.59. The Balaban J connectivity index is 1.93. The quantitative estimate of drug-likeness (QED) is 0.869. The SMILES string of the molecule is CC(C)C(CNC(=O)c1cc(Cl)c(Cl)[nH]1)N1CCOCC1. The van der Waals surface area contributed by atoms with Gasteiger partial charge in [-0.3, -0.25) is 9.69 Å². The van der Waals surface area contributed by atoms with Crippen molar-refractivity contribution in [1.29, 1.82) is 0 Å². The van der Waals surface area contributed by atoms with E-state index >= 15 is 0 Å². The van der Waals surface area contributed by atoms with Crippen LogP contribution in [0.3, 0.4) is 0 Å². The predicted octanol–water partition coefficient (Wildman–Crippen LogP) is 2.41. The predicted molar refractivity (Wildman–Crippen MR) is 84.2 cm³/mol. The summed E-state index contributed by atoms with van der Waals surface area (Å²) in [7, 11) is 0. The van der Waals surface area contributed by atoms with E-state index in [1.54, 1.807) is 6.07 Å². The van der Waals surface area contributed by atoms with Crippen molar-refractivity contribution in [2.75, 3.05) is 32.8 Å². The van der Waals surface area contributed by atoms with E-state index in [0.29, 0.717) is 29.2 Å². The van der Waals surface area contributed by atoms with Crippen LogP contribution in [0.5, 0.6) is 0 Å². The number of hydrogen-bond acceptors (Lipinski definition) is 3. The molecule has 1 aromatic rings. The van der Waals surface area contributed by atoms with E-state index < -0.39 is 0 Å². The molecule has 1 atom stereocenters. The number of aromatic nitrogens is 1. The molecular formula is C14H21Cl2N3O2. The van der Waals surface area contributed by atoms with Crippen LogP contribution in [0.25, 0.3) is 0 Å². The van der Waals surface area contributed by atoms with Crippen molar-refractivity contribution in [3.05, 3.63) is 21.9 Å². The van der Waals surface area contributed by atoms with Crippen molar-refractivity contribution in [2.24, 2.45) is 5.92 Å². The Kier molecular flexibility index (Phi) is 5.93. The van der Waals surface area contributed by atoms with Crippen LogP contribution in [0, 0.1) is 5.92 Å². The molecule has 0 saturated carbocycles. The van der Waals surface area contributed by atoms with Gasteiger partial charge in [0.15, 0.2) is 0 Å². The maximum atomic E-state index is 12.1. The maximum absolute atomic E-state index is 12.1. The Morgan fingerprint density at radius 2 is 2.10 bits per heavy atom. The lowest BCUT2D eigenvalue weighted by Crippen LogP contribution is -2.51.